The number of amides is 1. The molecule has 8 nitrogen and oxygen atoms in total. The Bertz CT molecular complexity index is 1610. The van der Waals surface area contributed by atoms with E-state index >= 15 is 8.78 Å². The number of benzene rings is 2. The summed E-state index contributed by atoms with van der Waals surface area (Å²) in [5, 5.41) is 12.1. The molecule has 1 aliphatic heterocycles. The van der Waals surface area contributed by atoms with Crippen LogP contribution in [-0.2, 0) is 22.6 Å². The number of halogens is 3. The zero-order valence-electron chi connectivity index (χ0n) is 23.4. The van der Waals surface area contributed by atoms with Crippen LogP contribution in [0.25, 0.3) is 10.9 Å². The highest BCUT2D eigenvalue weighted by atomic mass is 19.1. The van der Waals surface area contributed by atoms with Crippen molar-refractivity contribution in [2.75, 3.05) is 18.5 Å². The van der Waals surface area contributed by atoms with Gasteiger partial charge in [-0.15, -0.1) is 0 Å². The van der Waals surface area contributed by atoms with Crippen LogP contribution in [0.1, 0.15) is 59.7 Å². The van der Waals surface area contributed by atoms with Crippen LogP contribution < -0.4 is 5.32 Å². The summed E-state index contributed by atoms with van der Waals surface area (Å²) in [6.07, 6.45) is 1.94. The summed E-state index contributed by atoms with van der Waals surface area (Å²) >= 11 is 0. The van der Waals surface area contributed by atoms with Crippen molar-refractivity contribution in [1.82, 2.24) is 14.9 Å². The number of anilines is 1. The molecule has 2 atom stereocenters. The van der Waals surface area contributed by atoms with Gasteiger partial charge in [-0.3, -0.25) is 14.7 Å². The fourth-order valence-electron chi connectivity index (χ4n) is 5.51. The molecule has 0 bridgehead atoms. The summed E-state index contributed by atoms with van der Waals surface area (Å²) in [6.45, 7) is 4.27. The van der Waals surface area contributed by atoms with Crippen LogP contribution in [0.2, 0.25) is 0 Å². The number of rotatable bonds is 9. The van der Waals surface area contributed by atoms with Crippen molar-refractivity contribution in [1.29, 1.82) is 0 Å². The van der Waals surface area contributed by atoms with Gasteiger partial charge in [0.05, 0.1) is 12.6 Å². The molecule has 2 aromatic carbocycles. The first kappa shape index (κ1) is 29.3. The van der Waals surface area contributed by atoms with Crippen LogP contribution >= 0.6 is 0 Å². The molecule has 220 valence electrons. The second-order valence-electron chi connectivity index (χ2n) is 11.2. The van der Waals surface area contributed by atoms with Crippen molar-refractivity contribution < 1.29 is 32.6 Å². The number of carboxylic acid groups (broad SMARTS) is 1. The molecular formula is C31H31F3N4O4. The molecule has 3 heterocycles. The Hall–Kier alpha value is -4.22. The van der Waals surface area contributed by atoms with E-state index < -0.39 is 41.8 Å². The number of H-pyrrole nitrogens is 1. The number of carboxylic acids is 1. The lowest BCUT2D eigenvalue weighted by Gasteiger charge is -2.43. The molecule has 1 aliphatic rings. The van der Waals surface area contributed by atoms with E-state index in [0.29, 0.717) is 17.7 Å². The number of ether oxygens (including phenoxy) is 1. The number of pyridine rings is 1. The van der Waals surface area contributed by atoms with Gasteiger partial charge in [0.15, 0.2) is 0 Å². The highest BCUT2D eigenvalue weighted by molar-refractivity contribution is 6.02. The summed E-state index contributed by atoms with van der Waals surface area (Å²) in [5.74, 6) is -3.56. The third kappa shape index (κ3) is 6.17. The number of nitrogens with zero attached hydrogens (tertiary/aromatic N) is 2. The number of nitrogens with one attached hydrogen (secondary N) is 2. The van der Waals surface area contributed by atoms with Gasteiger partial charge in [0.2, 0.25) is 0 Å². The molecule has 0 fully saturated rings. The van der Waals surface area contributed by atoms with Gasteiger partial charge in [-0.25, -0.2) is 18.0 Å². The third-order valence-corrected chi connectivity index (χ3v) is 7.24. The number of carbonyl (C=O) groups excluding carboxylic acids is 1. The van der Waals surface area contributed by atoms with Crippen LogP contribution in [0.4, 0.5) is 18.9 Å². The SMILES string of the molecule is C[C@@H]1Cc2c([nH]c3ccccc23)[C@@H](c2c(F)cc(NC(=O)c3ccc(COCC(=O)O)cn3)cc2F)N1CC(C)(C)F. The van der Waals surface area contributed by atoms with Gasteiger partial charge in [0, 0.05) is 46.6 Å². The molecule has 0 unspecified atom stereocenters. The van der Waals surface area contributed by atoms with Crippen molar-refractivity contribution in [3.05, 3.63) is 94.4 Å². The third-order valence-electron chi connectivity index (χ3n) is 7.24. The van der Waals surface area contributed by atoms with E-state index in [4.69, 9.17) is 9.84 Å². The average Bonchev–Trinajstić information content (AvgIpc) is 3.27. The van der Waals surface area contributed by atoms with Gasteiger partial charge >= 0.3 is 5.97 Å². The smallest absolute Gasteiger partial charge is 0.329 e. The first-order chi connectivity index (χ1) is 19.9. The van der Waals surface area contributed by atoms with E-state index in [1.54, 1.807) is 4.90 Å². The maximum atomic E-state index is 15.9. The molecule has 0 aliphatic carbocycles. The number of hydrogen-bond donors (Lipinski definition) is 3. The van der Waals surface area contributed by atoms with E-state index in [9.17, 15) is 14.0 Å². The van der Waals surface area contributed by atoms with Crippen LogP contribution in [0.3, 0.4) is 0 Å². The molecule has 11 heteroatoms. The predicted octanol–water partition coefficient (Wildman–Crippen LogP) is 5.78. The predicted molar refractivity (Wildman–Crippen MR) is 151 cm³/mol. The van der Waals surface area contributed by atoms with Gasteiger partial charge in [0.25, 0.3) is 5.91 Å². The normalized spacial score (nSPS) is 17.3. The van der Waals surface area contributed by atoms with Crippen molar-refractivity contribution in [3.8, 4) is 0 Å². The molecule has 42 heavy (non-hydrogen) atoms. The minimum Gasteiger partial charge on any atom is -0.480 e. The van der Waals surface area contributed by atoms with E-state index in [0.717, 1.165) is 28.6 Å². The Labute approximate surface area is 240 Å². The molecule has 0 saturated heterocycles. The Kier molecular flexibility index (Phi) is 8.07. The molecule has 4 aromatic rings. The number of fused-ring (bicyclic) bond motifs is 3. The van der Waals surface area contributed by atoms with Gasteiger partial charge < -0.3 is 20.1 Å². The van der Waals surface area contributed by atoms with Crippen LogP contribution in [0, 0.1) is 11.6 Å². The lowest BCUT2D eigenvalue weighted by Crippen LogP contribution is -2.48. The first-order valence-corrected chi connectivity index (χ1v) is 13.5. The molecule has 2 aromatic heterocycles. The van der Waals surface area contributed by atoms with E-state index in [1.165, 1.54) is 32.2 Å². The monoisotopic (exact) mass is 580 g/mol. The standard InChI is InChI=1S/C31H31F3N4O4/c1-17-10-21-20-6-4-5-7-24(20)37-28(21)29(38(17)16-31(2,3)34)27-22(32)11-19(12-23(27)33)36-30(41)25-9-8-18(13-35-25)14-42-15-26(39)40/h4-9,11-13,17,29,37H,10,14-16H2,1-3H3,(H,36,41)(H,39,40)/t17-,29-/m1/s1. The number of aromatic amines is 1. The van der Waals surface area contributed by atoms with E-state index in [-0.39, 0.29) is 36.1 Å². The fourth-order valence-corrected chi connectivity index (χ4v) is 5.51. The molecule has 3 N–H and O–H groups in total. The summed E-state index contributed by atoms with van der Waals surface area (Å²) in [4.78, 5) is 32.5. The topological polar surface area (TPSA) is 108 Å². The van der Waals surface area contributed by atoms with Crippen molar-refractivity contribution in [2.45, 2.75) is 51.6 Å². The molecule has 1 amide bonds. The number of aromatic nitrogens is 2. The maximum absolute atomic E-state index is 15.9. The summed E-state index contributed by atoms with van der Waals surface area (Å²) < 4.78 is 51.7. The zero-order valence-corrected chi connectivity index (χ0v) is 23.4. The second-order valence-corrected chi connectivity index (χ2v) is 11.2. The number of para-hydroxylation sites is 1. The Morgan fingerprint density at radius 1 is 1.17 bits per heavy atom. The lowest BCUT2D eigenvalue weighted by molar-refractivity contribution is -0.142. The molecule has 0 radical (unpaired) electrons. The minimum atomic E-state index is -1.62. The molecule has 5 rings (SSSR count). The lowest BCUT2D eigenvalue weighted by atomic mass is 9.87. The highest BCUT2D eigenvalue weighted by Crippen LogP contribution is 2.43. The summed E-state index contributed by atoms with van der Waals surface area (Å²) in [5.41, 5.74) is 0.961. The Balaban J connectivity index is 1.44. The Morgan fingerprint density at radius 3 is 2.52 bits per heavy atom. The second kappa shape index (κ2) is 11.6. The number of aliphatic carboxylic acids is 1. The minimum absolute atomic E-state index is 0.00639. The van der Waals surface area contributed by atoms with Crippen molar-refractivity contribution in [3.63, 3.8) is 0 Å². The van der Waals surface area contributed by atoms with E-state index in [1.807, 2.05) is 31.2 Å². The summed E-state index contributed by atoms with van der Waals surface area (Å²) in [7, 11) is 0. The number of hydrogen-bond acceptors (Lipinski definition) is 5. The van der Waals surface area contributed by atoms with Gasteiger partial charge in [0.1, 0.15) is 29.6 Å². The van der Waals surface area contributed by atoms with E-state index in [2.05, 4.69) is 15.3 Å². The largest absolute Gasteiger partial charge is 0.480 e. The molecule has 0 saturated carbocycles. The van der Waals surface area contributed by atoms with Crippen molar-refractivity contribution in [2.24, 2.45) is 0 Å². The highest BCUT2D eigenvalue weighted by Gasteiger charge is 2.41. The maximum Gasteiger partial charge on any atom is 0.329 e. The quantitative estimate of drug-likeness (QED) is 0.232. The average molecular weight is 581 g/mol. The zero-order chi connectivity index (χ0) is 30.2. The fraction of sp³-hybridized carbons (Fsp3) is 0.323. The first-order valence-electron chi connectivity index (χ1n) is 13.5. The van der Waals surface area contributed by atoms with Crippen LogP contribution in [0.15, 0.2) is 54.7 Å². The van der Waals surface area contributed by atoms with Crippen LogP contribution in [-0.4, -0.2) is 56.7 Å². The Morgan fingerprint density at radius 2 is 1.88 bits per heavy atom. The number of alkyl halides is 1. The molecular weight excluding hydrogens is 549 g/mol. The van der Waals surface area contributed by atoms with Crippen LogP contribution in [0.5, 0.6) is 0 Å². The summed E-state index contributed by atoms with van der Waals surface area (Å²) in [6, 6.07) is 11.5. The van der Waals surface area contributed by atoms with Gasteiger partial charge in [-0.1, -0.05) is 24.3 Å². The van der Waals surface area contributed by atoms with Gasteiger partial charge in [-0.2, -0.15) is 0 Å². The van der Waals surface area contributed by atoms with Crippen molar-refractivity contribution >= 4 is 28.5 Å². The number of carbonyl (C=O) groups is 2. The van der Waals surface area contributed by atoms with Gasteiger partial charge in [-0.05, 0) is 62.6 Å². The molecule has 0 spiro atoms.